The van der Waals surface area contributed by atoms with Gasteiger partial charge in [0.2, 0.25) is 10.0 Å². The van der Waals surface area contributed by atoms with Gasteiger partial charge >= 0.3 is 0 Å². The summed E-state index contributed by atoms with van der Waals surface area (Å²) in [7, 11) is -2.08. The summed E-state index contributed by atoms with van der Waals surface area (Å²) in [6, 6.07) is 14.0. The molecule has 1 saturated heterocycles. The van der Waals surface area contributed by atoms with Gasteiger partial charge < -0.3 is 14.6 Å². The summed E-state index contributed by atoms with van der Waals surface area (Å²) < 4.78 is 41.4. The van der Waals surface area contributed by atoms with Crippen LogP contribution in [0, 0.1) is 6.92 Å². The molecule has 1 fully saturated rings. The molecule has 10 heteroatoms. The molecule has 3 atom stereocenters. The van der Waals surface area contributed by atoms with Gasteiger partial charge in [-0.15, -0.1) is 5.10 Å². The van der Waals surface area contributed by atoms with Crippen molar-refractivity contribution in [3.63, 3.8) is 0 Å². The molecule has 182 valence electrons. The van der Waals surface area contributed by atoms with Crippen LogP contribution in [0.2, 0.25) is 0 Å². The van der Waals surface area contributed by atoms with Gasteiger partial charge in [-0.05, 0) is 62.1 Å². The van der Waals surface area contributed by atoms with E-state index in [9.17, 15) is 13.5 Å². The summed E-state index contributed by atoms with van der Waals surface area (Å²) in [5.41, 5.74) is 2.39. The smallest absolute Gasteiger partial charge is 0.241 e. The minimum absolute atomic E-state index is 0.106. The number of hydrogen-bond donors (Lipinski definition) is 2. The third-order valence-corrected chi connectivity index (χ3v) is 7.74. The van der Waals surface area contributed by atoms with E-state index in [0.29, 0.717) is 31.4 Å². The number of nitrogens with zero attached hydrogens (tertiary/aromatic N) is 3. The lowest BCUT2D eigenvalue weighted by Gasteiger charge is -2.36. The van der Waals surface area contributed by atoms with Gasteiger partial charge in [0.1, 0.15) is 11.4 Å². The SMILES string of the molecule is COc1ccc(-c2cn(CC[C@H]3CC[C@@H](NS(=O)(=O)c4ccccc4C)[C@H](CO)O3)nn2)cc1. The van der Waals surface area contributed by atoms with Gasteiger partial charge in [-0.25, -0.2) is 13.1 Å². The Bertz CT molecular complexity index is 1200. The van der Waals surface area contributed by atoms with Gasteiger partial charge in [0.05, 0.1) is 43.1 Å². The number of aliphatic hydroxyl groups excluding tert-OH is 1. The maximum absolute atomic E-state index is 12.9. The van der Waals surface area contributed by atoms with E-state index in [1.54, 1.807) is 43.0 Å². The third kappa shape index (κ3) is 5.64. The number of aromatic nitrogens is 3. The second-order valence-electron chi connectivity index (χ2n) is 8.43. The summed E-state index contributed by atoms with van der Waals surface area (Å²) >= 11 is 0. The Hall–Kier alpha value is -2.79. The number of aryl methyl sites for hydroxylation is 2. The number of sulfonamides is 1. The molecule has 2 N–H and O–H groups in total. The molecule has 3 aromatic rings. The molecule has 0 unspecified atom stereocenters. The molecule has 2 aromatic carbocycles. The number of benzene rings is 2. The van der Waals surface area contributed by atoms with E-state index < -0.39 is 22.2 Å². The lowest BCUT2D eigenvalue weighted by Crippen LogP contribution is -2.51. The number of aliphatic hydroxyl groups is 1. The van der Waals surface area contributed by atoms with E-state index in [2.05, 4.69) is 15.0 Å². The zero-order chi connectivity index (χ0) is 24.1. The Morgan fingerprint density at radius 1 is 1.18 bits per heavy atom. The predicted molar refractivity (Wildman–Crippen MR) is 127 cm³/mol. The molecule has 4 rings (SSSR count). The van der Waals surface area contributed by atoms with E-state index in [1.807, 2.05) is 30.5 Å². The summed E-state index contributed by atoms with van der Waals surface area (Å²) in [4.78, 5) is 0.243. The van der Waals surface area contributed by atoms with Gasteiger partial charge in [-0.2, -0.15) is 0 Å². The lowest BCUT2D eigenvalue weighted by molar-refractivity contribution is -0.0891. The Morgan fingerprint density at radius 3 is 2.65 bits per heavy atom. The lowest BCUT2D eigenvalue weighted by atomic mass is 9.98. The van der Waals surface area contributed by atoms with Crippen LogP contribution in [0.15, 0.2) is 59.6 Å². The first-order valence-electron chi connectivity index (χ1n) is 11.3. The molecule has 9 nitrogen and oxygen atoms in total. The Labute approximate surface area is 199 Å². The standard InChI is InChI=1S/C24H30N4O5S/c1-17-5-3-4-6-24(17)34(30,31)26-21-12-11-20(33-23(21)16-29)13-14-28-15-22(25-27-28)18-7-9-19(32-2)10-8-18/h3-10,15,20-21,23,26,29H,11-14,16H2,1-2H3/t20-,21-,23+/m1/s1. The van der Waals surface area contributed by atoms with Crippen molar-refractivity contribution in [2.24, 2.45) is 0 Å². The van der Waals surface area contributed by atoms with E-state index in [0.717, 1.165) is 17.0 Å². The Kier molecular flexibility index (Phi) is 7.62. The molecule has 1 aromatic heterocycles. The largest absolute Gasteiger partial charge is 0.497 e. The molecule has 0 radical (unpaired) electrons. The normalized spacial score (nSPS) is 20.9. The maximum Gasteiger partial charge on any atom is 0.241 e. The summed E-state index contributed by atoms with van der Waals surface area (Å²) in [5, 5.41) is 18.3. The van der Waals surface area contributed by atoms with Crippen molar-refractivity contribution in [3.05, 3.63) is 60.3 Å². The molecule has 0 amide bonds. The molecule has 1 aliphatic heterocycles. The summed E-state index contributed by atoms with van der Waals surface area (Å²) in [6.45, 7) is 2.10. The van der Waals surface area contributed by atoms with E-state index in [-0.39, 0.29) is 17.6 Å². The van der Waals surface area contributed by atoms with Crippen LogP contribution in [0.4, 0.5) is 0 Å². The van der Waals surface area contributed by atoms with E-state index >= 15 is 0 Å². The van der Waals surface area contributed by atoms with Crippen molar-refractivity contribution in [2.45, 2.75) is 55.9 Å². The van der Waals surface area contributed by atoms with Gasteiger partial charge in [0.15, 0.2) is 0 Å². The van der Waals surface area contributed by atoms with Crippen LogP contribution in [-0.2, 0) is 21.3 Å². The fourth-order valence-corrected chi connectivity index (χ4v) is 5.72. The predicted octanol–water partition coefficient (Wildman–Crippen LogP) is 2.54. The van der Waals surface area contributed by atoms with Crippen LogP contribution in [0.1, 0.15) is 24.8 Å². The monoisotopic (exact) mass is 486 g/mol. The Morgan fingerprint density at radius 2 is 1.94 bits per heavy atom. The van der Waals surface area contributed by atoms with Crippen LogP contribution < -0.4 is 9.46 Å². The summed E-state index contributed by atoms with van der Waals surface area (Å²) in [5.74, 6) is 0.781. The number of methoxy groups -OCH3 is 1. The molecular weight excluding hydrogens is 456 g/mol. The van der Waals surface area contributed by atoms with Gasteiger partial charge in [0, 0.05) is 12.1 Å². The van der Waals surface area contributed by atoms with Crippen molar-refractivity contribution in [3.8, 4) is 17.0 Å². The van der Waals surface area contributed by atoms with Crippen molar-refractivity contribution < 1.29 is 23.0 Å². The third-order valence-electron chi connectivity index (χ3n) is 6.09. The second-order valence-corrected chi connectivity index (χ2v) is 10.1. The molecule has 1 aliphatic rings. The van der Waals surface area contributed by atoms with Crippen molar-refractivity contribution in [1.29, 1.82) is 0 Å². The van der Waals surface area contributed by atoms with E-state index in [1.165, 1.54) is 0 Å². The van der Waals surface area contributed by atoms with Crippen molar-refractivity contribution in [2.75, 3.05) is 13.7 Å². The highest BCUT2D eigenvalue weighted by atomic mass is 32.2. The van der Waals surface area contributed by atoms with Crippen LogP contribution in [-0.4, -0.2) is 60.5 Å². The first kappa shape index (κ1) is 24.3. The number of ether oxygens (including phenoxy) is 2. The molecule has 0 bridgehead atoms. The van der Waals surface area contributed by atoms with Gasteiger partial charge in [-0.1, -0.05) is 23.4 Å². The molecule has 0 aliphatic carbocycles. The molecule has 34 heavy (non-hydrogen) atoms. The minimum Gasteiger partial charge on any atom is -0.497 e. The van der Waals surface area contributed by atoms with Crippen LogP contribution in [0.3, 0.4) is 0 Å². The van der Waals surface area contributed by atoms with Crippen molar-refractivity contribution >= 4 is 10.0 Å². The molecule has 2 heterocycles. The average molecular weight is 487 g/mol. The zero-order valence-electron chi connectivity index (χ0n) is 19.3. The van der Waals surface area contributed by atoms with Crippen molar-refractivity contribution in [1.82, 2.24) is 19.7 Å². The highest BCUT2D eigenvalue weighted by Gasteiger charge is 2.34. The maximum atomic E-state index is 12.9. The quantitative estimate of drug-likeness (QED) is 0.478. The average Bonchev–Trinajstić information content (AvgIpc) is 3.32. The van der Waals surface area contributed by atoms with E-state index in [4.69, 9.17) is 9.47 Å². The van der Waals surface area contributed by atoms with Crippen LogP contribution >= 0.6 is 0 Å². The van der Waals surface area contributed by atoms with Gasteiger partial charge in [0.25, 0.3) is 0 Å². The number of hydrogen-bond acceptors (Lipinski definition) is 7. The van der Waals surface area contributed by atoms with Crippen LogP contribution in [0.5, 0.6) is 5.75 Å². The fourth-order valence-electron chi connectivity index (χ4n) is 4.18. The molecule has 0 spiro atoms. The highest BCUT2D eigenvalue weighted by molar-refractivity contribution is 7.89. The Balaban J connectivity index is 1.33. The summed E-state index contributed by atoms with van der Waals surface area (Å²) in [6.07, 6.45) is 3.10. The first-order valence-corrected chi connectivity index (χ1v) is 12.8. The molecule has 0 saturated carbocycles. The number of rotatable bonds is 9. The fraction of sp³-hybridized carbons (Fsp3) is 0.417. The molecular formula is C24H30N4O5S. The highest BCUT2D eigenvalue weighted by Crippen LogP contribution is 2.25. The first-order chi connectivity index (χ1) is 16.4. The topological polar surface area (TPSA) is 116 Å². The number of nitrogens with one attached hydrogen (secondary N) is 1. The minimum atomic E-state index is -3.71. The second kappa shape index (κ2) is 10.6. The zero-order valence-corrected chi connectivity index (χ0v) is 20.1. The van der Waals surface area contributed by atoms with Crippen LogP contribution in [0.25, 0.3) is 11.3 Å². The van der Waals surface area contributed by atoms with Gasteiger partial charge in [-0.3, -0.25) is 4.68 Å².